The number of amides is 2. The maximum atomic E-state index is 13.2. The summed E-state index contributed by atoms with van der Waals surface area (Å²) < 4.78 is 54.7. The number of hydrogen-bond donors (Lipinski definition) is 3. The SMILES string of the molecule is Cc1ccnc(NCCCC(=O)NCC(=O)NC(CC(=O)OC(=O)C(F)(F)F)c2ccc(-c3ccc(F)cc3)cc2)c1. The lowest BCUT2D eigenvalue weighted by molar-refractivity contribution is -0.202. The molecular weight excluding hydrogens is 560 g/mol. The topological polar surface area (TPSA) is 126 Å². The fourth-order valence-electron chi connectivity index (χ4n) is 3.78. The summed E-state index contributed by atoms with van der Waals surface area (Å²) in [6.45, 7) is 1.92. The molecule has 0 aliphatic rings. The van der Waals surface area contributed by atoms with E-state index in [9.17, 15) is 36.7 Å². The number of nitrogens with zero attached hydrogens (tertiary/aromatic N) is 1. The molecule has 0 radical (unpaired) electrons. The first-order chi connectivity index (χ1) is 19.9. The van der Waals surface area contributed by atoms with Crippen molar-refractivity contribution in [3.63, 3.8) is 0 Å². The van der Waals surface area contributed by atoms with E-state index >= 15 is 0 Å². The van der Waals surface area contributed by atoms with Crippen LogP contribution in [0.3, 0.4) is 0 Å². The summed E-state index contributed by atoms with van der Waals surface area (Å²) >= 11 is 0. The third-order valence-electron chi connectivity index (χ3n) is 5.88. The molecule has 1 atom stereocenters. The minimum absolute atomic E-state index is 0.103. The molecule has 3 N–H and O–H groups in total. The fraction of sp³-hybridized carbons (Fsp3) is 0.276. The smallest absolute Gasteiger partial charge is 0.386 e. The van der Waals surface area contributed by atoms with Crippen molar-refractivity contribution in [3.05, 3.63) is 83.8 Å². The van der Waals surface area contributed by atoms with E-state index in [1.54, 1.807) is 30.5 Å². The zero-order valence-corrected chi connectivity index (χ0v) is 22.5. The fourth-order valence-corrected chi connectivity index (χ4v) is 3.78. The van der Waals surface area contributed by atoms with Gasteiger partial charge in [0.2, 0.25) is 11.8 Å². The molecule has 0 fully saturated rings. The van der Waals surface area contributed by atoms with Crippen LogP contribution in [0.1, 0.15) is 36.4 Å². The van der Waals surface area contributed by atoms with Crippen molar-refractivity contribution in [2.24, 2.45) is 0 Å². The normalized spacial score (nSPS) is 11.7. The average molecular weight is 589 g/mol. The summed E-state index contributed by atoms with van der Waals surface area (Å²) in [4.78, 5) is 52.1. The van der Waals surface area contributed by atoms with Crippen LogP contribution in [0.4, 0.5) is 23.4 Å². The highest BCUT2D eigenvalue weighted by Crippen LogP contribution is 2.25. The van der Waals surface area contributed by atoms with Crippen molar-refractivity contribution in [2.45, 2.75) is 38.4 Å². The molecule has 2 aromatic carbocycles. The van der Waals surface area contributed by atoms with Gasteiger partial charge in [-0.25, -0.2) is 14.2 Å². The molecule has 13 heteroatoms. The van der Waals surface area contributed by atoms with Gasteiger partial charge in [-0.15, -0.1) is 0 Å². The monoisotopic (exact) mass is 588 g/mol. The van der Waals surface area contributed by atoms with Crippen molar-refractivity contribution in [2.75, 3.05) is 18.4 Å². The van der Waals surface area contributed by atoms with Gasteiger partial charge in [0.25, 0.3) is 0 Å². The summed E-state index contributed by atoms with van der Waals surface area (Å²) in [7, 11) is 0. The van der Waals surface area contributed by atoms with Crippen LogP contribution in [0.15, 0.2) is 66.9 Å². The van der Waals surface area contributed by atoms with Crippen LogP contribution in [-0.4, -0.2) is 48.0 Å². The van der Waals surface area contributed by atoms with E-state index in [4.69, 9.17) is 0 Å². The number of anilines is 1. The summed E-state index contributed by atoms with van der Waals surface area (Å²) in [5.41, 5.74) is 2.68. The quantitative estimate of drug-likeness (QED) is 0.124. The van der Waals surface area contributed by atoms with Crippen molar-refractivity contribution in [1.82, 2.24) is 15.6 Å². The Hall–Kier alpha value is -4.81. The van der Waals surface area contributed by atoms with Crippen LogP contribution in [0, 0.1) is 12.7 Å². The van der Waals surface area contributed by atoms with E-state index < -0.39 is 54.8 Å². The molecule has 3 rings (SSSR count). The Balaban J connectivity index is 1.58. The van der Waals surface area contributed by atoms with Gasteiger partial charge in [-0.1, -0.05) is 36.4 Å². The summed E-state index contributed by atoms with van der Waals surface area (Å²) in [6, 6.07) is 14.4. The van der Waals surface area contributed by atoms with Gasteiger partial charge < -0.3 is 20.7 Å². The summed E-state index contributed by atoms with van der Waals surface area (Å²) in [6.07, 6.45) is -3.96. The second-order valence-corrected chi connectivity index (χ2v) is 9.24. The maximum absolute atomic E-state index is 13.2. The lowest BCUT2D eigenvalue weighted by atomic mass is 9.99. The van der Waals surface area contributed by atoms with Gasteiger partial charge >= 0.3 is 18.1 Å². The highest BCUT2D eigenvalue weighted by atomic mass is 19.4. The number of rotatable bonds is 12. The number of aryl methyl sites for hydroxylation is 1. The van der Waals surface area contributed by atoms with Crippen molar-refractivity contribution in [3.8, 4) is 11.1 Å². The average Bonchev–Trinajstić information content (AvgIpc) is 2.94. The number of alkyl halides is 3. The van der Waals surface area contributed by atoms with Gasteiger partial charge in [-0.2, -0.15) is 13.2 Å². The maximum Gasteiger partial charge on any atom is 0.491 e. The minimum Gasteiger partial charge on any atom is -0.386 e. The molecule has 42 heavy (non-hydrogen) atoms. The predicted molar refractivity (Wildman–Crippen MR) is 144 cm³/mol. The number of esters is 2. The molecule has 1 aromatic heterocycles. The number of pyridine rings is 1. The molecule has 1 heterocycles. The molecule has 9 nitrogen and oxygen atoms in total. The van der Waals surface area contributed by atoms with Crippen molar-refractivity contribution >= 4 is 29.6 Å². The highest BCUT2D eigenvalue weighted by Gasteiger charge is 2.42. The molecule has 0 aliphatic carbocycles. The van der Waals surface area contributed by atoms with Gasteiger partial charge in [-0.05, 0) is 59.9 Å². The summed E-state index contributed by atoms with van der Waals surface area (Å²) in [5, 5.41) is 8.00. The zero-order chi connectivity index (χ0) is 30.7. The van der Waals surface area contributed by atoms with E-state index in [2.05, 4.69) is 25.7 Å². The molecule has 0 saturated heterocycles. The van der Waals surface area contributed by atoms with Crippen molar-refractivity contribution < 1.29 is 41.5 Å². The molecule has 2 amide bonds. The Morgan fingerprint density at radius 2 is 1.57 bits per heavy atom. The highest BCUT2D eigenvalue weighted by molar-refractivity contribution is 5.89. The second-order valence-electron chi connectivity index (χ2n) is 9.24. The van der Waals surface area contributed by atoms with Gasteiger partial charge in [-0.3, -0.25) is 14.4 Å². The van der Waals surface area contributed by atoms with Crippen LogP contribution in [0.25, 0.3) is 11.1 Å². The molecule has 0 spiro atoms. The Labute approximate surface area is 238 Å². The second kappa shape index (κ2) is 14.7. The molecule has 3 aromatic rings. The lowest BCUT2D eigenvalue weighted by Crippen LogP contribution is -2.39. The number of benzene rings is 2. The van der Waals surface area contributed by atoms with Crippen LogP contribution in [-0.2, 0) is 23.9 Å². The van der Waals surface area contributed by atoms with E-state index in [-0.39, 0.29) is 6.42 Å². The van der Waals surface area contributed by atoms with Gasteiger partial charge in [0.05, 0.1) is 19.0 Å². The molecule has 0 bridgehead atoms. The zero-order valence-electron chi connectivity index (χ0n) is 22.5. The molecular formula is C29H28F4N4O5. The molecule has 222 valence electrons. The number of carbonyl (C=O) groups excluding carboxylic acids is 4. The standard InChI is InChI=1S/C29H28F4N4O5/c1-18-12-14-35-24(15-18)34-13-2-3-25(38)36-17-26(39)37-23(16-27(40)42-28(41)29(31,32)33)21-6-4-19(5-7-21)20-8-10-22(30)11-9-20/h4-12,14-15,23H,2-3,13,16-17H2,1H3,(H,34,35)(H,36,38)(H,37,39). The lowest BCUT2D eigenvalue weighted by Gasteiger charge is -2.19. The first-order valence-electron chi connectivity index (χ1n) is 12.8. The third-order valence-corrected chi connectivity index (χ3v) is 5.88. The minimum atomic E-state index is -5.37. The van der Waals surface area contributed by atoms with Crippen LogP contribution < -0.4 is 16.0 Å². The number of aromatic nitrogens is 1. The van der Waals surface area contributed by atoms with Crippen LogP contribution in [0.2, 0.25) is 0 Å². The number of hydrogen-bond acceptors (Lipinski definition) is 7. The van der Waals surface area contributed by atoms with E-state index in [0.29, 0.717) is 35.5 Å². The number of carbonyl (C=O) groups is 4. The Bertz CT molecular complexity index is 1400. The first kappa shape index (κ1) is 31.7. The van der Waals surface area contributed by atoms with Gasteiger partial charge in [0.1, 0.15) is 11.6 Å². The molecule has 1 unspecified atom stereocenters. The van der Waals surface area contributed by atoms with Gasteiger partial charge in [0, 0.05) is 19.2 Å². The third kappa shape index (κ3) is 10.3. The molecule has 0 saturated carbocycles. The van der Waals surface area contributed by atoms with Crippen molar-refractivity contribution in [1.29, 1.82) is 0 Å². The number of halogens is 4. The molecule has 0 aliphatic heterocycles. The number of ether oxygens (including phenoxy) is 1. The van der Waals surface area contributed by atoms with E-state index in [0.717, 1.165) is 5.56 Å². The van der Waals surface area contributed by atoms with E-state index in [1.165, 1.54) is 24.3 Å². The first-order valence-corrected chi connectivity index (χ1v) is 12.8. The summed E-state index contributed by atoms with van der Waals surface area (Å²) in [5.74, 6) is -5.09. The predicted octanol–water partition coefficient (Wildman–Crippen LogP) is 4.38. The largest absolute Gasteiger partial charge is 0.491 e. The number of nitrogens with one attached hydrogen (secondary N) is 3. The Kier molecular flexibility index (Phi) is 11.1. The van der Waals surface area contributed by atoms with Crippen LogP contribution in [0.5, 0.6) is 0 Å². The Morgan fingerprint density at radius 1 is 0.929 bits per heavy atom. The Morgan fingerprint density at radius 3 is 2.19 bits per heavy atom. The van der Waals surface area contributed by atoms with Crippen LogP contribution >= 0.6 is 0 Å². The van der Waals surface area contributed by atoms with E-state index in [1.807, 2.05) is 19.1 Å². The van der Waals surface area contributed by atoms with Gasteiger partial charge in [0.15, 0.2) is 0 Å².